The van der Waals surface area contributed by atoms with Crippen molar-refractivity contribution in [3.05, 3.63) is 34.3 Å². The first-order valence-corrected chi connectivity index (χ1v) is 8.57. The van der Waals surface area contributed by atoms with E-state index < -0.39 is 0 Å². The fourth-order valence-corrected chi connectivity index (χ4v) is 3.81. The van der Waals surface area contributed by atoms with Crippen molar-refractivity contribution in [1.82, 2.24) is 4.90 Å². The zero-order chi connectivity index (χ0) is 14.5. The van der Waals surface area contributed by atoms with Crippen LogP contribution in [0.25, 0.3) is 0 Å². The zero-order valence-electron chi connectivity index (χ0n) is 12.7. The molecular weight excluding hydrogens is 312 g/mol. The molecule has 2 nitrogen and oxygen atoms in total. The molecule has 112 valence electrons. The molecule has 0 aromatic heterocycles. The molecule has 0 aliphatic carbocycles. The van der Waals surface area contributed by atoms with Gasteiger partial charge in [0.05, 0.1) is 0 Å². The minimum absolute atomic E-state index is 0.508. The number of halogens is 1. The first kappa shape index (κ1) is 16.0. The van der Waals surface area contributed by atoms with Crippen molar-refractivity contribution >= 4 is 15.9 Å². The molecule has 1 saturated heterocycles. The highest BCUT2D eigenvalue weighted by Gasteiger charge is 2.27. The Morgan fingerprint density at radius 1 is 1.30 bits per heavy atom. The highest BCUT2D eigenvalue weighted by molar-refractivity contribution is 9.10. The summed E-state index contributed by atoms with van der Waals surface area (Å²) in [5.74, 6) is 2.01. The van der Waals surface area contributed by atoms with Crippen LogP contribution in [-0.4, -0.2) is 31.1 Å². The van der Waals surface area contributed by atoms with Crippen LogP contribution in [0.5, 0.6) is 0 Å². The van der Waals surface area contributed by atoms with Crippen LogP contribution in [0.1, 0.15) is 38.2 Å². The molecule has 20 heavy (non-hydrogen) atoms. The van der Waals surface area contributed by atoms with Gasteiger partial charge in [-0.25, -0.2) is 0 Å². The van der Waals surface area contributed by atoms with Crippen LogP contribution in [-0.2, 0) is 0 Å². The van der Waals surface area contributed by atoms with Gasteiger partial charge in [-0.3, -0.25) is 0 Å². The molecule has 2 N–H and O–H groups in total. The van der Waals surface area contributed by atoms with E-state index in [-0.39, 0.29) is 0 Å². The second kappa shape index (κ2) is 7.58. The maximum absolute atomic E-state index is 6.07. The summed E-state index contributed by atoms with van der Waals surface area (Å²) in [7, 11) is 0. The number of likely N-dealkylation sites (tertiary alicyclic amines) is 1. The highest BCUT2D eigenvalue weighted by Crippen LogP contribution is 2.33. The molecule has 0 spiro atoms. The SMILES string of the molecule is CC(C)CN1CCC(C(CN)c2cccc(Br)c2)CC1. The van der Waals surface area contributed by atoms with Gasteiger partial charge in [0.15, 0.2) is 0 Å². The molecule has 1 heterocycles. The number of hydrogen-bond acceptors (Lipinski definition) is 2. The lowest BCUT2D eigenvalue weighted by Crippen LogP contribution is -2.38. The van der Waals surface area contributed by atoms with E-state index in [2.05, 4.69) is 58.9 Å². The Morgan fingerprint density at radius 2 is 2.00 bits per heavy atom. The summed E-state index contributed by atoms with van der Waals surface area (Å²) < 4.78 is 1.16. The monoisotopic (exact) mass is 338 g/mol. The van der Waals surface area contributed by atoms with Crippen LogP contribution in [0, 0.1) is 11.8 Å². The normalized spacial score (nSPS) is 19.4. The summed E-state index contributed by atoms with van der Waals surface area (Å²) in [6, 6.07) is 8.67. The quantitative estimate of drug-likeness (QED) is 0.883. The average molecular weight is 339 g/mol. The summed E-state index contributed by atoms with van der Waals surface area (Å²) >= 11 is 3.57. The van der Waals surface area contributed by atoms with Gasteiger partial charge in [-0.1, -0.05) is 41.9 Å². The number of rotatable bonds is 5. The molecule has 1 aliphatic rings. The van der Waals surface area contributed by atoms with Crippen molar-refractivity contribution in [2.45, 2.75) is 32.6 Å². The van der Waals surface area contributed by atoms with Gasteiger partial charge in [0, 0.05) is 11.0 Å². The minimum atomic E-state index is 0.508. The van der Waals surface area contributed by atoms with Crippen LogP contribution < -0.4 is 5.73 Å². The molecule has 3 heteroatoms. The highest BCUT2D eigenvalue weighted by atomic mass is 79.9. The lowest BCUT2D eigenvalue weighted by molar-refractivity contribution is 0.155. The lowest BCUT2D eigenvalue weighted by atomic mass is 9.80. The third-order valence-electron chi connectivity index (χ3n) is 4.36. The van der Waals surface area contributed by atoms with Gasteiger partial charge in [0.2, 0.25) is 0 Å². The second-order valence-electron chi connectivity index (χ2n) is 6.43. The number of piperidine rings is 1. The minimum Gasteiger partial charge on any atom is -0.330 e. The van der Waals surface area contributed by atoms with Crippen LogP contribution in [0.3, 0.4) is 0 Å². The Bertz CT molecular complexity index is 411. The number of hydrogen-bond donors (Lipinski definition) is 1. The summed E-state index contributed by atoms with van der Waals surface area (Å²) in [5, 5.41) is 0. The molecule has 0 amide bonds. The van der Waals surface area contributed by atoms with Gasteiger partial charge in [-0.2, -0.15) is 0 Å². The summed E-state index contributed by atoms with van der Waals surface area (Å²) in [5.41, 5.74) is 7.46. The number of nitrogens with two attached hydrogens (primary N) is 1. The first-order chi connectivity index (χ1) is 9.60. The van der Waals surface area contributed by atoms with Crippen LogP contribution in [0.15, 0.2) is 28.7 Å². The van der Waals surface area contributed by atoms with E-state index in [0.29, 0.717) is 5.92 Å². The Labute approximate surface area is 131 Å². The van der Waals surface area contributed by atoms with Crippen molar-refractivity contribution in [2.24, 2.45) is 17.6 Å². The summed E-state index contributed by atoms with van der Waals surface area (Å²) in [6.07, 6.45) is 2.56. The number of benzene rings is 1. The van der Waals surface area contributed by atoms with E-state index in [1.165, 1.54) is 38.0 Å². The Hall–Kier alpha value is -0.380. The predicted molar refractivity (Wildman–Crippen MR) is 89.9 cm³/mol. The molecule has 1 unspecified atom stereocenters. The van der Waals surface area contributed by atoms with Crippen molar-refractivity contribution in [3.63, 3.8) is 0 Å². The van der Waals surface area contributed by atoms with Crippen LogP contribution >= 0.6 is 15.9 Å². The fourth-order valence-electron chi connectivity index (χ4n) is 3.39. The molecule has 0 saturated carbocycles. The topological polar surface area (TPSA) is 29.3 Å². The van der Waals surface area contributed by atoms with Gasteiger partial charge in [0.1, 0.15) is 0 Å². The molecule has 1 aromatic rings. The standard InChI is InChI=1S/C17H27BrN2/c1-13(2)12-20-8-6-14(7-9-20)17(11-19)15-4-3-5-16(18)10-15/h3-5,10,13-14,17H,6-9,11-12,19H2,1-2H3. The first-order valence-electron chi connectivity index (χ1n) is 7.78. The van der Waals surface area contributed by atoms with E-state index in [4.69, 9.17) is 5.73 Å². The van der Waals surface area contributed by atoms with Crippen LogP contribution in [0.4, 0.5) is 0 Å². The fraction of sp³-hybridized carbons (Fsp3) is 0.647. The van der Waals surface area contributed by atoms with E-state index in [1.54, 1.807) is 0 Å². The average Bonchev–Trinajstić information content (AvgIpc) is 2.41. The van der Waals surface area contributed by atoms with E-state index in [9.17, 15) is 0 Å². The number of nitrogens with zero attached hydrogens (tertiary/aromatic N) is 1. The molecule has 0 radical (unpaired) electrons. The second-order valence-corrected chi connectivity index (χ2v) is 7.34. The van der Waals surface area contributed by atoms with Crippen molar-refractivity contribution in [3.8, 4) is 0 Å². The molecule has 1 atom stereocenters. The molecule has 1 aliphatic heterocycles. The predicted octanol–water partition coefficient (Wildman–Crippen LogP) is 3.86. The maximum Gasteiger partial charge on any atom is 0.0178 e. The maximum atomic E-state index is 6.07. The van der Waals surface area contributed by atoms with Gasteiger partial charge >= 0.3 is 0 Å². The van der Waals surface area contributed by atoms with Gasteiger partial charge in [0.25, 0.3) is 0 Å². The van der Waals surface area contributed by atoms with E-state index in [1.807, 2.05) is 0 Å². The van der Waals surface area contributed by atoms with Gasteiger partial charge in [-0.15, -0.1) is 0 Å². The molecule has 0 bridgehead atoms. The van der Waals surface area contributed by atoms with E-state index >= 15 is 0 Å². The van der Waals surface area contributed by atoms with Crippen molar-refractivity contribution in [1.29, 1.82) is 0 Å². The lowest BCUT2D eigenvalue weighted by Gasteiger charge is -2.36. The Balaban J connectivity index is 1.97. The smallest absolute Gasteiger partial charge is 0.0178 e. The Kier molecular flexibility index (Phi) is 6.06. The Morgan fingerprint density at radius 3 is 2.55 bits per heavy atom. The summed E-state index contributed by atoms with van der Waals surface area (Å²) in [4.78, 5) is 2.61. The zero-order valence-corrected chi connectivity index (χ0v) is 14.3. The van der Waals surface area contributed by atoms with Gasteiger partial charge < -0.3 is 10.6 Å². The van der Waals surface area contributed by atoms with Crippen molar-refractivity contribution < 1.29 is 0 Å². The molecule has 1 aromatic carbocycles. The summed E-state index contributed by atoms with van der Waals surface area (Å²) in [6.45, 7) is 9.05. The third kappa shape index (κ3) is 4.31. The van der Waals surface area contributed by atoms with E-state index in [0.717, 1.165) is 22.9 Å². The molecule has 1 fully saturated rings. The largest absolute Gasteiger partial charge is 0.330 e. The third-order valence-corrected chi connectivity index (χ3v) is 4.85. The van der Waals surface area contributed by atoms with Gasteiger partial charge in [-0.05, 0) is 67.9 Å². The van der Waals surface area contributed by atoms with Crippen molar-refractivity contribution in [2.75, 3.05) is 26.2 Å². The molecule has 2 rings (SSSR count). The molecular formula is C17H27BrN2. The van der Waals surface area contributed by atoms with Crippen LogP contribution in [0.2, 0.25) is 0 Å².